The molecule has 0 spiro atoms. The van der Waals surface area contributed by atoms with Crippen molar-refractivity contribution >= 4 is 17.5 Å². The monoisotopic (exact) mass is 489 g/mol. The van der Waals surface area contributed by atoms with Gasteiger partial charge in [-0.1, -0.05) is 30.3 Å². The Morgan fingerprint density at radius 3 is 2.50 bits per heavy atom. The number of hydrogen-bond acceptors (Lipinski definition) is 8. The molecule has 1 aromatic carbocycles. The van der Waals surface area contributed by atoms with Crippen molar-refractivity contribution in [3.05, 3.63) is 70.8 Å². The lowest BCUT2D eigenvalue weighted by molar-refractivity contribution is 0.0725. The fourth-order valence-electron chi connectivity index (χ4n) is 4.66. The molecule has 0 radical (unpaired) electrons. The zero-order valence-electron chi connectivity index (χ0n) is 21.6. The minimum absolute atomic E-state index is 0.0774. The van der Waals surface area contributed by atoms with E-state index in [1.807, 2.05) is 25.1 Å². The second-order valence-corrected chi connectivity index (χ2v) is 9.24. The summed E-state index contributed by atoms with van der Waals surface area (Å²) in [5, 5.41) is 18.4. The highest BCUT2D eigenvalue weighted by atomic mass is 16.3. The quantitative estimate of drug-likeness (QED) is 0.516. The van der Waals surface area contributed by atoms with Crippen molar-refractivity contribution in [3.8, 4) is 0 Å². The summed E-state index contributed by atoms with van der Waals surface area (Å²) in [5.41, 5.74) is 4.89. The van der Waals surface area contributed by atoms with E-state index in [9.17, 15) is 4.79 Å². The average molecular weight is 490 g/mol. The van der Waals surface area contributed by atoms with Crippen LogP contribution in [0.3, 0.4) is 0 Å². The molecular formula is C27H35N7O2. The van der Waals surface area contributed by atoms with Gasteiger partial charge in [0.25, 0.3) is 5.91 Å². The topological polar surface area (TPSA) is 98.6 Å². The van der Waals surface area contributed by atoms with Crippen LogP contribution in [0.4, 0.5) is 11.6 Å². The van der Waals surface area contributed by atoms with Crippen LogP contribution < -0.4 is 9.80 Å². The molecule has 1 atom stereocenters. The average Bonchev–Trinajstić information content (AvgIpc) is 2.90. The Labute approximate surface area is 212 Å². The molecule has 0 bridgehead atoms. The minimum atomic E-state index is -0.219. The minimum Gasteiger partial charge on any atom is -0.395 e. The molecule has 1 fully saturated rings. The Balaban J connectivity index is 1.43. The van der Waals surface area contributed by atoms with Crippen molar-refractivity contribution in [3.63, 3.8) is 0 Å². The number of carbonyl (C=O) groups is 1. The second kappa shape index (κ2) is 11.4. The first-order valence-corrected chi connectivity index (χ1v) is 12.5. The molecular weight excluding hydrogens is 454 g/mol. The van der Waals surface area contributed by atoms with Gasteiger partial charge < -0.3 is 19.8 Å². The highest BCUT2D eigenvalue weighted by molar-refractivity contribution is 5.92. The number of rotatable bonds is 8. The van der Waals surface area contributed by atoms with Crippen LogP contribution in [0.15, 0.2) is 42.7 Å². The van der Waals surface area contributed by atoms with Crippen molar-refractivity contribution in [2.75, 3.05) is 49.1 Å². The van der Waals surface area contributed by atoms with E-state index in [2.05, 4.69) is 62.9 Å². The fraction of sp³-hybridized carbons (Fsp3) is 0.444. The maximum absolute atomic E-state index is 12.6. The predicted octanol–water partition coefficient (Wildman–Crippen LogP) is 2.64. The summed E-state index contributed by atoms with van der Waals surface area (Å²) in [6.07, 6.45) is 3.97. The van der Waals surface area contributed by atoms with E-state index in [-0.39, 0.29) is 30.8 Å². The molecule has 2 aromatic heterocycles. The Morgan fingerprint density at radius 2 is 1.86 bits per heavy atom. The number of nitrogens with zero attached hydrogens (tertiary/aromatic N) is 7. The normalized spacial score (nSPS) is 15.8. The first-order valence-electron chi connectivity index (χ1n) is 12.5. The van der Waals surface area contributed by atoms with E-state index < -0.39 is 0 Å². The molecule has 1 saturated heterocycles. The van der Waals surface area contributed by atoms with E-state index in [0.29, 0.717) is 6.54 Å². The van der Waals surface area contributed by atoms with Gasteiger partial charge in [-0.05, 0) is 44.4 Å². The summed E-state index contributed by atoms with van der Waals surface area (Å²) >= 11 is 0. The number of aliphatic hydroxyl groups excluding tert-OH is 1. The fourth-order valence-corrected chi connectivity index (χ4v) is 4.66. The third-order valence-electron chi connectivity index (χ3n) is 6.93. The molecule has 9 nitrogen and oxygen atoms in total. The lowest BCUT2D eigenvalue weighted by atomic mass is 10.0. The highest BCUT2D eigenvalue weighted by Gasteiger charge is 2.28. The lowest BCUT2D eigenvalue weighted by Gasteiger charge is -2.41. The van der Waals surface area contributed by atoms with Gasteiger partial charge in [0.15, 0.2) is 5.82 Å². The van der Waals surface area contributed by atoms with Gasteiger partial charge in [0.2, 0.25) is 0 Å². The van der Waals surface area contributed by atoms with Crippen molar-refractivity contribution in [2.45, 2.75) is 40.2 Å². The number of benzene rings is 1. The van der Waals surface area contributed by atoms with Crippen LogP contribution >= 0.6 is 0 Å². The maximum Gasteiger partial charge on any atom is 0.274 e. The lowest BCUT2D eigenvalue weighted by Crippen LogP contribution is -2.53. The van der Waals surface area contributed by atoms with Crippen LogP contribution in [0, 0.1) is 13.8 Å². The van der Waals surface area contributed by atoms with Crippen molar-refractivity contribution < 1.29 is 9.90 Å². The first kappa shape index (κ1) is 25.5. The second-order valence-electron chi connectivity index (χ2n) is 9.24. The molecule has 0 saturated carbocycles. The molecule has 36 heavy (non-hydrogen) atoms. The highest BCUT2D eigenvalue weighted by Crippen LogP contribution is 2.26. The number of aliphatic hydroxyl groups is 1. The molecule has 4 rings (SSSR count). The standard InChI is InChI=1S/C27H35N7O2/c1-5-32(13-14-35)27(36)24-16-29-25(17-28-24)34-12-11-33(18-19(34)2)26-21(4)20(3)23(30-31-26)15-22-9-7-6-8-10-22/h6-10,16-17,19,35H,5,11-15,18H2,1-4H3. The van der Waals surface area contributed by atoms with E-state index in [4.69, 9.17) is 5.11 Å². The molecule has 190 valence electrons. The molecule has 1 aliphatic rings. The number of piperazine rings is 1. The molecule has 0 aliphatic carbocycles. The summed E-state index contributed by atoms with van der Waals surface area (Å²) in [5.74, 6) is 1.47. The Bertz CT molecular complexity index is 1170. The van der Waals surface area contributed by atoms with Crippen LogP contribution in [0.1, 0.15) is 46.7 Å². The van der Waals surface area contributed by atoms with Gasteiger partial charge in [0, 0.05) is 45.2 Å². The number of aromatic nitrogens is 4. The van der Waals surface area contributed by atoms with Crippen LogP contribution in [-0.2, 0) is 6.42 Å². The number of hydrogen-bond donors (Lipinski definition) is 1. The Kier molecular flexibility index (Phi) is 8.10. The van der Waals surface area contributed by atoms with Crippen molar-refractivity contribution in [1.29, 1.82) is 0 Å². The first-order chi connectivity index (χ1) is 17.4. The van der Waals surface area contributed by atoms with Gasteiger partial charge in [-0.2, -0.15) is 5.10 Å². The molecule has 1 aliphatic heterocycles. The smallest absolute Gasteiger partial charge is 0.274 e. The van der Waals surface area contributed by atoms with Gasteiger partial charge in [0.1, 0.15) is 11.5 Å². The summed E-state index contributed by atoms with van der Waals surface area (Å²) < 4.78 is 0. The van der Waals surface area contributed by atoms with E-state index >= 15 is 0 Å². The number of carbonyl (C=O) groups excluding carboxylic acids is 1. The van der Waals surface area contributed by atoms with Gasteiger partial charge in [-0.3, -0.25) is 4.79 Å². The van der Waals surface area contributed by atoms with Crippen molar-refractivity contribution in [1.82, 2.24) is 25.1 Å². The summed E-state index contributed by atoms with van der Waals surface area (Å²) in [6, 6.07) is 10.5. The molecule has 3 heterocycles. The summed E-state index contributed by atoms with van der Waals surface area (Å²) in [6.45, 7) is 11.4. The number of anilines is 2. The van der Waals surface area contributed by atoms with Gasteiger partial charge in [0.05, 0.1) is 24.7 Å². The third-order valence-corrected chi connectivity index (χ3v) is 6.93. The summed E-state index contributed by atoms with van der Waals surface area (Å²) in [4.78, 5) is 27.6. The van der Waals surface area contributed by atoms with Gasteiger partial charge in [-0.25, -0.2) is 9.97 Å². The van der Waals surface area contributed by atoms with Crippen LogP contribution in [0.5, 0.6) is 0 Å². The molecule has 3 aromatic rings. The largest absolute Gasteiger partial charge is 0.395 e. The zero-order valence-corrected chi connectivity index (χ0v) is 21.6. The van der Waals surface area contributed by atoms with E-state index in [1.54, 1.807) is 11.1 Å². The predicted molar refractivity (Wildman–Crippen MR) is 140 cm³/mol. The van der Waals surface area contributed by atoms with Gasteiger partial charge >= 0.3 is 0 Å². The van der Waals surface area contributed by atoms with Crippen LogP contribution in [0.25, 0.3) is 0 Å². The Hall–Kier alpha value is -3.59. The maximum atomic E-state index is 12.6. The van der Waals surface area contributed by atoms with E-state index in [1.165, 1.54) is 22.9 Å². The third kappa shape index (κ3) is 5.46. The number of amides is 1. The zero-order chi connectivity index (χ0) is 25.7. The molecule has 1 unspecified atom stereocenters. The summed E-state index contributed by atoms with van der Waals surface area (Å²) in [7, 11) is 0. The molecule has 9 heteroatoms. The SMILES string of the molecule is CCN(CCO)C(=O)c1cnc(N2CCN(c3nnc(Cc4ccccc4)c(C)c3C)CC2C)cn1. The molecule has 1 amide bonds. The Morgan fingerprint density at radius 1 is 1.08 bits per heavy atom. The van der Waals surface area contributed by atoms with Crippen LogP contribution in [0.2, 0.25) is 0 Å². The van der Waals surface area contributed by atoms with Crippen LogP contribution in [-0.4, -0.2) is 81.5 Å². The van der Waals surface area contributed by atoms with Gasteiger partial charge in [-0.15, -0.1) is 5.10 Å². The van der Waals surface area contributed by atoms with E-state index in [0.717, 1.165) is 43.4 Å². The number of likely N-dealkylation sites (N-methyl/N-ethyl adjacent to an activating group) is 1. The molecule has 1 N–H and O–H groups in total. The van der Waals surface area contributed by atoms with Crippen molar-refractivity contribution in [2.24, 2.45) is 0 Å².